The molecular formula is C13H16ClN3O2S. The van der Waals surface area contributed by atoms with E-state index >= 15 is 0 Å². The van der Waals surface area contributed by atoms with Crippen LogP contribution < -0.4 is 4.72 Å². The topological polar surface area (TPSA) is 64.0 Å². The van der Waals surface area contributed by atoms with Gasteiger partial charge in [0.2, 0.25) is 0 Å². The summed E-state index contributed by atoms with van der Waals surface area (Å²) in [7, 11) is -1.90. The minimum Gasteiger partial charge on any atom is -0.337 e. The second-order valence-electron chi connectivity index (χ2n) is 4.48. The first-order valence-corrected chi connectivity index (χ1v) is 8.12. The van der Waals surface area contributed by atoms with Crippen molar-refractivity contribution in [3.05, 3.63) is 41.9 Å². The van der Waals surface area contributed by atoms with Crippen molar-refractivity contribution >= 4 is 27.3 Å². The van der Waals surface area contributed by atoms with Crippen molar-refractivity contribution in [1.82, 2.24) is 9.55 Å². The summed E-state index contributed by atoms with van der Waals surface area (Å²) < 4.78 is 28.5. The van der Waals surface area contributed by atoms with Crippen LogP contribution in [0.15, 0.2) is 35.5 Å². The van der Waals surface area contributed by atoms with E-state index < -0.39 is 10.0 Å². The van der Waals surface area contributed by atoms with E-state index in [0.29, 0.717) is 17.4 Å². The van der Waals surface area contributed by atoms with Gasteiger partial charge in [0.15, 0.2) is 5.03 Å². The number of aromatic nitrogens is 2. The highest BCUT2D eigenvalue weighted by Crippen LogP contribution is 2.16. The van der Waals surface area contributed by atoms with Crippen LogP contribution in [0, 0.1) is 6.92 Å². The molecule has 0 aliphatic carbocycles. The molecule has 1 heterocycles. The number of hydrogen-bond donors (Lipinski definition) is 1. The third kappa shape index (κ3) is 3.32. The quantitative estimate of drug-likeness (QED) is 0.862. The van der Waals surface area contributed by atoms with Gasteiger partial charge in [0.25, 0.3) is 10.0 Å². The Labute approximate surface area is 123 Å². The maximum absolute atomic E-state index is 12.2. The van der Waals surface area contributed by atoms with Gasteiger partial charge < -0.3 is 4.57 Å². The minimum atomic E-state index is -3.65. The molecule has 0 unspecified atom stereocenters. The van der Waals surface area contributed by atoms with E-state index in [2.05, 4.69) is 9.71 Å². The summed E-state index contributed by atoms with van der Waals surface area (Å²) in [6.07, 6.45) is 2.24. The Morgan fingerprint density at radius 3 is 2.45 bits per heavy atom. The summed E-state index contributed by atoms with van der Waals surface area (Å²) in [6, 6.07) is 7.14. The predicted molar refractivity (Wildman–Crippen MR) is 79.6 cm³/mol. The average molecular weight is 314 g/mol. The summed E-state index contributed by atoms with van der Waals surface area (Å²) in [5.74, 6) is 1.18. The summed E-state index contributed by atoms with van der Waals surface area (Å²) in [6.45, 7) is 1.75. The van der Waals surface area contributed by atoms with Crippen molar-refractivity contribution in [1.29, 1.82) is 0 Å². The normalized spacial score (nSPS) is 11.6. The van der Waals surface area contributed by atoms with Crippen LogP contribution in [0.3, 0.4) is 0 Å². The Hall–Kier alpha value is -1.53. The summed E-state index contributed by atoms with van der Waals surface area (Å²) >= 11 is 5.66. The molecule has 0 atom stereocenters. The lowest BCUT2D eigenvalue weighted by molar-refractivity contribution is 0.598. The second kappa shape index (κ2) is 5.85. The van der Waals surface area contributed by atoms with Crippen molar-refractivity contribution in [2.45, 2.75) is 18.4 Å². The first kappa shape index (κ1) is 14.9. The predicted octanol–water partition coefficient (Wildman–Crippen LogP) is 2.31. The molecule has 0 amide bonds. The van der Waals surface area contributed by atoms with E-state index in [0.717, 1.165) is 12.0 Å². The zero-order valence-electron chi connectivity index (χ0n) is 11.3. The Morgan fingerprint density at radius 1 is 1.30 bits per heavy atom. The highest BCUT2D eigenvalue weighted by Gasteiger charge is 2.18. The summed E-state index contributed by atoms with van der Waals surface area (Å²) in [4.78, 5) is 4.02. The lowest BCUT2D eigenvalue weighted by atomic mass is 10.2. The van der Waals surface area contributed by atoms with Crippen LogP contribution in [0.1, 0.15) is 11.4 Å². The Balaban J connectivity index is 2.19. The van der Waals surface area contributed by atoms with Gasteiger partial charge in [-0.25, -0.2) is 4.98 Å². The second-order valence-corrected chi connectivity index (χ2v) is 6.49. The monoisotopic (exact) mass is 313 g/mol. The van der Waals surface area contributed by atoms with Crippen molar-refractivity contribution in [2.24, 2.45) is 7.05 Å². The van der Waals surface area contributed by atoms with Crippen molar-refractivity contribution in [2.75, 3.05) is 10.6 Å². The van der Waals surface area contributed by atoms with Crippen LogP contribution in [-0.2, 0) is 23.5 Å². The van der Waals surface area contributed by atoms with Crippen LogP contribution >= 0.6 is 11.6 Å². The van der Waals surface area contributed by atoms with Gasteiger partial charge in [0.05, 0.1) is 0 Å². The highest BCUT2D eigenvalue weighted by molar-refractivity contribution is 7.92. The van der Waals surface area contributed by atoms with Crippen LogP contribution in [0.2, 0.25) is 0 Å². The maximum Gasteiger partial charge on any atom is 0.280 e. The number of sulfonamides is 1. The molecule has 2 rings (SSSR count). The Kier molecular flexibility index (Phi) is 4.35. The van der Waals surface area contributed by atoms with Gasteiger partial charge in [-0.2, -0.15) is 8.42 Å². The standard InChI is InChI=1S/C13H16ClN3O2S/c1-10-15-13(9-17(10)2)20(18,19)16-12-5-3-11(4-6-12)7-8-14/h3-6,9,16H,7-8H2,1-2H3. The molecular weight excluding hydrogens is 298 g/mol. The van der Waals surface area contributed by atoms with Gasteiger partial charge in [-0.1, -0.05) is 12.1 Å². The largest absolute Gasteiger partial charge is 0.337 e. The third-order valence-corrected chi connectivity index (χ3v) is 4.39. The molecule has 0 saturated heterocycles. The molecule has 7 heteroatoms. The van der Waals surface area contributed by atoms with Crippen LogP contribution in [0.4, 0.5) is 5.69 Å². The Morgan fingerprint density at radius 2 is 1.95 bits per heavy atom. The number of halogens is 1. The molecule has 1 N–H and O–H groups in total. The zero-order valence-corrected chi connectivity index (χ0v) is 12.9. The minimum absolute atomic E-state index is 0.0161. The van der Waals surface area contributed by atoms with Gasteiger partial charge in [-0.05, 0) is 31.0 Å². The molecule has 0 aliphatic rings. The molecule has 1 aromatic heterocycles. The lowest BCUT2D eigenvalue weighted by Crippen LogP contribution is -2.13. The number of rotatable bonds is 5. The molecule has 20 heavy (non-hydrogen) atoms. The molecule has 1 aromatic carbocycles. The van der Waals surface area contributed by atoms with Crippen LogP contribution in [0.5, 0.6) is 0 Å². The molecule has 0 bridgehead atoms. The fourth-order valence-electron chi connectivity index (χ4n) is 1.71. The molecule has 5 nitrogen and oxygen atoms in total. The van der Waals surface area contributed by atoms with Gasteiger partial charge in [0.1, 0.15) is 5.82 Å². The molecule has 0 saturated carbocycles. The zero-order chi connectivity index (χ0) is 14.8. The number of anilines is 1. The van der Waals surface area contributed by atoms with Gasteiger partial charge in [-0.15, -0.1) is 11.6 Å². The van der Waals surface area contributed by atoms with E-state index in [1.807, 2.05) is 12.1 Å². The number of alkyl halides is 1. The molecule has 0 spiro atoms. The SMILES string of the molecule is Cc1nc(S(=O)(=O)Nc2ccc(CCCl)cc2)cn1C. The van der Waals surface area contributed by atoms with Crippen LogP contribution in [-0.4, -0.2) is 23.8 Å². The van der Waals surface area contributed by atoms with Crippen molar-refractivity contribution in [3.8, 4) is 0 Å². The highest BCUT2D eigenvalue weighted by atomic mass is 35.5. The Bertz CT molecular complexity index is 673. The number of nitrogens with zero attached hydrogens (tertiary/aromatic N) is 2. The lowest BCUT2D eigenvalue weighted by Gasteiger charge is -2.06. The maximum atomic E-state index is 12.2. The molecule has 0 aliphatic heterocycles. The number of aryl methyl sites for hydroxylation is 3. The number of nitrogens with one attached hydrogen (secondary N) is 1. The van der Waals surface area contributed by atoms with Gasteiger partial charge >= 0.3 is 0 Å². The number of hydrogen-bond acceptors (Lipinski definition) is 3. The molecule has 2 aromatic rings. The third-order valence-electron chi connectivity index (χ3n) is 2.95. The van der Waals surface area contributed by atoms with Crippen molar-refractivity contribution in [3.63, 3.8) is 0 Å². The first-order valence-electron chi connectivity index (χ1n) is 6.10. The smallest absolute Gasteiger partial charge is 0.280 e. The van der Waals surface area contributed by atoms with Gasteiger partial charge in [-0.3, -0.25) is 4.72 Å². The number of benzene rings is 1. The van der Waals surface area contributed by atoms with E-state index in [-0.39, 0.29) is 5.03 Å². The van der Waals surface area contributed by atoms with Gasteiger partial charge in [0, 0.05) is 24.8 Å². The molecule has 0 fully saturated rings. The molecule has 0 radical (unpaired) electrons. The van der Waals surface area contributed by atoms with Crippen LogP contribution in [0.25, 0.3) is 0 Å². The van der Waals surface area contributed by atoms with E-state index in [9.17, 15) is 8.42 Å². The van der Waals surface area contributed by atoms with E-state index in [4.69, 9.17) is 11.6 Å². The van der Waals surface area contributed by atoms with E-state index in [1.54, 1.807) is 30.7 Å². The summed E-state index contributed by atoms with van der Waals surface area (Å²) in [5, 5.41) is 0.0161. The number of imidazole rings is 1. The summed E-state index contributed by atoms with van der Waals surface area (Å²) in [5.41, 5.74) is 1.57. The first-order chi connectivity index (χ1) is 9.42. The van der Waals surface area contributed by atoms with Crippen molar-refractivity contribution < 1.29 is 8.42 Å². The molecule has 108 valence electrons. The fourth-order valence-corrected chi connectivity index (χ4v) is 3.03. The van der Waals surface area contributed by atoms with E-state index in [1.165, 1.54) is 6.20 Å². The average Bonchev–Trinajstić information content (AvgIpc) is 2.73. The fraction of sp³-hybridized carbons (Fsp3) is 0.308.